The predicted octanol–water partition coefficient (Wildman–Crippen LogP) is 0.302. The lowest BCUT2D eigenvalue weighted by molar-refractivity contribution is 0.138. The number of piperidine rings is 1. The first kappa shape index (κ1) is 9.32. The standard InChI is InChI=1S/C8H16N2O2/c9-8(12)10-5-2-1-3-7(10)4-6-11/h7,11H,1-6H2,(H2,9,12). The Hall–Kier alpha value is -0.770. The topological polar surface area (TPSA) is 66.6 Å². The van der Waals surface area contributed by atoms with Crippen LogP contribution in [0.5, 0.6) is 0 Å². The third kappa shape index (κ3) is 2.11. The fraction of sp³-hybridized carbons (Fsp3) is 0.875. The number of carbonyl (C=O) groups is 1. The first-order chi connectivity index (χ1) is 5.75. The first-order valence-electron chi connectivity index (χ1n) is 4.42. The Morgan fingerprint density at radius 2 is 2.33 bits per heavy atom. The van der Waals surface area contributed by atoms with Crippen molar-refractivity contribution in [2.75, 3.05) is 13.2 Å². The molecule has 1 saturated heterocycles. The highest BCUT2D eigenvalue weighted by Crippen LogP contribution is 2.18. The molecule has 0 bridgehead atoms. The van der Waals surface area contributed by atoms with Crippen molar-refractivity contribution in [3.8, 4) is 0 Å². The Balaban J connectivity index is 2.48. The van der Waals surface area contributed by atoms with Gasteiger partial charge in [-0.15, -0.1) is 0 Å². The van der Waals surface area contributed by atoms with Crippen molar-refractivity contribution in [3.63, 3.8) is 0 Å². The molecule has 3 N–H and O–H groups in total. The fourth-order valence-electron chi connectivity index (χ4n) is 1.74. The van der Waals surface area contributed by atoms with Crippen molar-refractivity contribution in [1.29, 1.82) is 0 Å². The Kier molecular flexibility index (Phi) is 3.34. The van der Waals surface area contributed by atoms with Crippen LogP contribution in [0.2, 0.25) is 0 Å². The minimum Gasteiger partial charge on any atom is -0.396 e. The number of hydrogen-bond donors (Lipinski definition) is 2. The van der Waals surface area contributed by atoms with E-state index in [1.165, 1.54) is 0 Å². The van der Waals surface area contributed by atoms with Crippen LogP contribution in [0.4, 0.5) is 4.79 Å². The Morgan fingerprint density at radius 1 is 1.58 bits per heavy atom. The highest BCUT2D eigenvalue weighted by Gasteiger charge is 2.23. The summed E-state index contributed by atoms with van der Waals surface area (Å²) in [5.41, 5.74) is 5.19. The van der Waals surface area contributed by atoms with Crippen molar-refractivity contribution in [1.82, 2.24) is 4.90 Å². The maximum Gasteiger partial charge on any atom is 0.315 e. The molecule has 1 aliphatic rings. The molecular formula is C8H16N2O2. The number of primary amides is 1. The van der Waals surface area contributed by atoms with Gasteiger partial charge in [-0.25, -0.2) is 4.79 Å². The van der Waals surface area contributed by atoms with Gasteiger partial charge in [0.15, 0.2) is 0 Å². The van der Waals surface area contributed by atoms with Gasteiger partial charge in [0.2, 0.25) is 0 Å². The second-order valence-electron chi connectivity index (χ2n) is 3.19. The van der Waals surface area contributed by atoms with Gasteiger partial charge in [0.05, 0.1) is 0 Å². The number of urea groups is 1. The summed E-state index contributed by atoms with van der Waals surface area (Å²) in [6.45, 7) is 0.883. The summed E-state index contributed by atoms with van der Waals surface area (Å²) in [5, 5.41) is 8.74. The summed E-state index contributed by atoms with van der Waals surface area (Å²) in [4.78, 5) is 12.6. The Morgan fingerprint density at radius 3 is 2.92 bits per heavy atom. The molecule has 0 saturated carbocycles. The summed E-state index contributed by atoms with van der Waals surface area (Å²) in [5.74, 6) is 0. The molecule has 0 spiro atoms. The second kappa shape index (κ2) is 4.30. The van der Waals surface area contributed by atoms with Crippen molar-refractivity contribution >= 4 is 6.03 Å². The third-order valence-corrected chi connectivity index (χ3v) is 2.37. The SMILES string of the molecule is NC(=O)N1CCCCC1CCO. The zero-order chi connectivity index (χ0) is 8.97. The molecule has 1 unspecified atom stereocenters. The van der Waals surface area contributed by atoms with Gasteiger partial charge >= 0.3 is 6.03 Å². The number of hydrogen-bond acceptors (Lipinski definition) is 2. The van der Waals surface area contributed by atoms with Gasteiger partial charge in [-0.2, -0.15) is 0 Å². The molecule has 1 fully saturated rings. The van der Waals surface area contributed by atoms with Crippen molar-refractivity contribution < 1.29 is 9.90 Å². The van der Waals surface area contributed by atoms with Crippen molar-refractivity contribution in [2.45, 2.75) is 31.7 Å². The largest absolute Gasteiger partial charge is 0.396 e. The zero-order valence-electron chi connectivity index (χ0n) is 7.20. The van der Waals surface area contributed by atoms with Gasteiger partial charge < -0.3 is 15.7 Å². The first-order valence-corrected chi connectivity index (χ1v) is 4.42. The van der Waals surface area contributed by atoms with Crippen LogP contribution in [0, 0.1) is 0 Å². The molecule has 0 aromatic carbocycles. The van der Waals surface area contributed by atoms with E-state index >= 15 is 0 Å². The average molecular weight is 172 g/mol. The van der Waals surface area contributed by atoms with Gasteiger partial charge in [-0.05, 0) is 25.7 Å². The molecule has 1 rings (SSSR count). The molecule has 0 aliphatic carbocycles. The minimum atomic E-state index is -0.354. The molecule has 4 heteroatoms. The molecule has 2 amide bonds. The normalized spacial score (nSPS) is 24.1. The predicted molar refractivity (Wildman–Crippen MR) is 45.6 cm³/mol. The van der Waals surface area contributed by atoms with Crippen LogP contribution in [0.15, 0.2) is 0 Å². The van der Waals surface area contributed by atoms with Gasteiger partial charge in [0.25, 0.3) is 0 Å². The molecule has 1 heterocycles. The Labute approximate surface area is 72.3 Å². The van der Waals surface area contributed by atoms with Gasteiger partial charge in [0.1, 0.15) is 0 Å². The summed E-state index contributed by atoms with van der Waals surface area (Å²) < 4.78 is 0. The molecule has 0 aromatic rings. The quantitative estimate of drug-likeness (QED) is 0.629. The van der Waals surface area contributed by atoms with E-state index < -0.39 is 0 Å². The zero-order valence-corrected chi connectivity index (χ0v) is 7.20. The van der Waals surface area contributed by atoms with Gasteiger partial charge in [-0.1, -0.05) is 0 Å². The average Bonchev–Trinajstić information content (AvgIpc) is 2.05. The van der Waals surface area contributed by atoms with Crippen LogP contribution in [-0.4, -0.2) is 35.2 Å². The van der Waals surface area contributed by atoms with Crippen molar-refractivity contribution in [3.05, 3.63) is 0 Å². The Bertz CT molecular complexity index is 159. The van der Waals surface area contributed by atoms with E-state index in [4.69, 9.17) is 10.8 Å². The molecule has 1 atom stereocenters. The highest BCUT2D eigenvalue weighted by molar-refractivity contribution is 5.72. The fourth-order valence-corrected chi connectivity index (χ4v) is 1.74. The molecule has 12 heavy (non-hydrogen) atoms. The number of likely N-dealkylation sites (tertiary alicyclic amines) is 1. The molecule has 70 valence electrons. The number of rotatable bonds is 2. The maximum absolute atomic E-state index is 10.9. The third-order valence-electron chi connectivity index (χ3n) is 2.37. The smallest absolute Gasteiger partial charge is 0.315 e. The minimum absolute atomic E-state index is 0.133. The van der Waals surface area contributed by atoms with E-state index in [9.17, 15) is 4.79 Å². The van der Waals surface area contributed by atoms with E-state index in [1.807, 2.05) is 0 Å². The summed E-state index contributed by atoms with van der Waals surface area (Å²) in [7, 11) is 0. The summed E-state index contributed by atoms with van der Waals surface area (Å²) in [6.07, 6.45) is 3.80. The molecular weight excluding hydrogens is 156 g/mol. The van der Waals surface area contributed by atoms with E-state index in [1.54, 1.807) is 4.90 Å². The van der Waals surface area contributed by atoms with E-state index in [2.05, 4.69) is 0 Å². The molecule has 4 nitrogen and oxygen atoms in total. The maximum atomic E-state index is 10.9. The van der Waals surface area contributed by atoms with Crippen LogP contribution in [0.25, 0.3) is 0 Å². The van der Waals surface area contributed by atoms with Crippen LogP contribution < -0.4 is 5.73 Å². The van der Waals surface area contributed by atoms with Crippen LogP contribution >= 0.6 is 0 Å². The number of nitrogens with two attached hydrogens (primary N) is 1. The summed E-state index contributed by atoms with van der Waals surface area (Å²) in [6, 6.07) is -0.186. The van der Waals surface area contributed by atoms with Crippen LogP contribution in [0.3, 0.4) is 0 Å². The lowest BCUT2D eigenvalue weighted by Crippen LogP contribution is -2.46. The number of aliphatic hydroxyl groups excluding tert-OH is 1. The van der Waals surface area contributed by atoms with Gasteiger partial charge in [-0.3, -0.25) is 0 Å². The molecule has 1 aliphatic heterocycles. The van der Waals surface area contributed by atoms with Crippen LogP contribution in [-0.2, 0) is 0 Å². The van der Waals surface area contributed by atoms with Crippen LogP contribution in [0.1, 0.15) is 25.7 Å². The number of carbonyl (C=O) groups excluding carboxylic acids is 1. The second-order valence-corrected chi connectivity index (χ2v) is 3.19. The summed E-state index contributed by atoms with van der Waals surface area (Å²) >= 11 is 0. The van der Waals surface area contributed by atoms with E-state index in [-0.39, 0.29) is 18.7 Å². The number of amides is 2. The van der Waals surface area contributed by atoms with E-state index in [0.717, 1.165) is 25.8 Å². The molecule has 0 radical (unpaired) electrons. The molecule has 0 aromatic heterocycles. The lowest BCUT2D eigenvalue weighted by atomic mass is 10.0. The monoisotopic (exact) mass is 172 g/mol. The van der Waals surface area contributed by atoms with Crippen molar-refractivity contribution in [2.24, 2.45) is 5.73 Å². The highest BCUT2D eigenvalue weighted by atomic mass is 16.3. The number of nitrogens with zero attached hydrogens (tertiary/aromatic N) is 1. The van der Waals surface area contributed by atoms with Gasteiger partial charge in [0, 0.05) is 19.2 Å². The lowest BCUT2D eigenvalue weighted by Gasteiger charge is -2.34. The van der Waals surface area contributed by atoms with E-state index in [0.29, 0.717) is 6.42 Å². The number of aliphatic hydroxyl groups is 1.